The van der Waals surface area contributed by atoms with Crippen LogP contribution in [0.25, 0.3) is 0 Å². The van der Waals surface area contributed by atoms with Gasteiger partial charge in [0.25, 0.3) is 0 Å². The summed E-state index contributed by atoms with van der Waals surface area (Å²) in [6.45, 7) is 5.51. The zero-order chi connectivity index (χ0) is 18.4. The molecule has 25 heavy (non-hydrogen) atoms. The Balaban J connectivity index is 2.13. The second-order valence-electron chi connectivity index (χ2n) is 5.49. The number of nitrogens with one attached hydrogen (secondary N) is 1. The number of aromatic hydroxyl groups is 1. The highest BCUT2D eigenvalue weighted by atomic mass is 32.2. The van der Waals surface area contributed by atoms with E-state index in [1.165, 1.54) is 12.1 Å². The predicted octanol–water partition coefficient (Wildman–Crippen LogP) is 5.37. The van der Waals surface area contributed by atoms with E-state index in [4.69, 9.17) is 4.74 Å². The summed E-state index contributed by atoms with van der Waals surface area (Å²) in [5.74, 6) is -1.46. The number of hydrogen-bond acceptors (Lipinski definition) is 4. The molecule has 6 heteroatoms. The van der Waals surface area contributed by atoms with Crippen LogP contribution in [0.3, 0.4) is 0 Å². The standard InChI is InChI=1S/C19H20FNO3S/c1-4-12(2)18(13-5-10-17(22)16(20)11-13)24-19(23)21-14-6-8-15(25-3)9-7-14/h4-12,18,22H,1H2,2-3H3,(H,21,23)/t12-,18+/m0/s1. The summed E-state index contributed by atoms with van der Waals surface area (Å²) in [7, 11) is 0. The van der Waals surface area contributed by atoms with Crippen molar-refractivity contribution < 1.29 is 19.0 Å². The minimum Gasteiger partial charge on any atom is -0.505 e. The molecule has 1 amide bonds. The number of phenols is 1. The van der Waals surface area contributed by atoms with Crippen molar-refractivity contribution in [1.82, 2.24) is 0 Å². The van der Waals surface area contributed by atoms with Gasteiger partial charge in [0.05, 0.1) is 0 Å². The van der Waals surface area contributed by atoms with Gasteiger partial charge < -0.3 is 9.84 Å². The topological polar surface area (TPSA) is 58.6 Å². The summed E-state index contributed by atoms with van der Waals surface area (Å²) >= 11 is 1.60. The second-order valence-corrected chi connectivity index (χ2v) is 6.36. The molecule has 0 bridgehead atoms. The molecule has 0 heterocycles. The van der Waals surface area contributed by atoms with Crippen molar-refractivity contribution in [2.45, 2.75) is 17.9 Å². The Morgan fingerprint density at radius 2 is 2.00 bits per heavy atom. The van der Waals surface area contributed by atoms with E-state index in [-0.39, 0.29) is 5.92 Å². The molecule has 2 atom stereocenters. The summed E-state index contributed by atoms with van der Waals surface area (Å²) < 4.78 is 19.1. The Morgan fingerprint density at radius 1 is 1.32 bits per heavy atom. The third kappa shape index (κ3) is 5.00. The number of thioether (sulfide) groups is 1. The molecule has 132 valence electrons. The number of hydrogen-bond donors (Lipinski definition) is 2. The molecule has 2 rings (SSSR count). The summed E-state index contributed by atoms with van der Waals surface area (Å²) in [6, 6.07) is 11.2. The van der Waals surface area contributed by atoms with Crippen LogP contribution in [-0.2, 0) is 4.74 Å². The van der Waals surface area contributed by atoms with Crippen LogP contribution in [0, 0.1) is 11.7 Å². The molecule has 0 aliphatic rings. The molecule has 2 aromatic carbocycles. The number of ether oxygens (including phenoxy) is 1. The smallest absolute Gasteiger partial charge is 0.412 e. The molecular weight excluding hydrogens is 341 g/mol. The van der Waals surface area contributed by atoms with Crippen LogP contribution in [0.1, 0.15) is 18.6 Å². The lowest BCUT2D eigenvalue weighted by Gasteiger charge is -2.22. The largest absolute Gasteiger partial charge is 0.505 e. The minimum atomic E-state index is -0.768. The van der Waals surface area contributed by atoms with Crippen molar-refractivity contribution in [2.24, 2.45) is 5.92 Å². The van der Waals surface area contributed by atoms with E-state index in [0.29, 0.717) is 11.3 Å². The van der Waals surface area contributed by atoms with Crippen LogP contribution in [0.5, 0.6) is 5.75 Å². The molecule has 0 spiro atoms. The van der Waals surface area contributed by atoms with E-state index >= 15 is 0 Å². The van der Waals surface area contributed by atoms with Gasteiger partial charge in [-0.15, -0.1) is 18.3 Å². The molecule has 0 radical (unpaired) electrons. The number of rotatable bonds is 6. The van der Waals surface area contributed by atoms with Crippen molar-refractivity contribution in [3.8, 4) is 5.75 Å². The van der Waals surface area contributed by atoms with Gasteiger partial charge in [-0.05, 0) is 48.2 Å². The fourth-order valence-electron chi connectivity index (χ4n) is 2.24. The number of halogens is 1. The van der Waals surface area contributed by atoms with Crippen molar-refractivity contribution in [3.63, 3.8) is 0 Å². The molecule has 2 N–H and O–H groups in total. The minimum absolute atomic E-state index is 0.242. The van der Waals surface area contributed by atoms with Crippen molar-refractivity contribution in [2.75, 3.05) is 11.6 Å². The fourth-order valence-corrected chi connectivity index (χ4v) is 2.65. The van der Waals surface area contributed by atoms with E-state index in [1.807, 2.05) is 25.3 Å². The van der Waals surface area contributed by atoms with E-state index < -0.39 is 23.8 Å². The second kappa shape index (κ2) is 8.58. The highest BCUT2D eigenvalue weighted by Gasteiger charge is 2.23. The molecule has 0 aliphatic heterocycles. The van der Waals surface area contributed by atoms with Crippen molar-refractivity contribution in [1.29, 1.82) is 0 Å². The van der Waals surface area contributed by atoms with Gasteiger partial charge >= 0.3 is 6.09 Å². The zero-order valence-corrected chi connectivity index (χ0v) is 14.8. The third-order valence-electron chi connectivity index (χ3n) is 3.72. The fraction of sp³-hybridized carbons (Fsp3) is 0.211. The normalized spacial score (nSPS) is 12.9. The van der Waals surface area contributed by atoms with Gasteiger partial charge in [0.2, 0.25) is 0 Å². The Hall–Kier alpha value is -2.47. The van der Waals surface area contributed by atoms with Gasteiger partial charge in [-0.25, -0.2) is 9.18 Å². The van der Waals surface area contributed by atoms with E-state index in [0.717, 1.165) is 11.0 Å². The Morgan fingerprint density at radius 3 is 2.56 bits per heavy atom. The quantitative estimate of drug-likeness (QED) is 0.537. The first-order valence-corrected chi connectivity index (χ1v) is 8.89. The van der Waals surface area contributed by atoms with Crippen LogP contribution in [0.4, 0.5) is 14.9 Å². The van der Waals surface area contributed by atoms with Gasteiger partial charge in [0, 0.05) is 16.5 Å². The molecule has 0 aliphatic carbocycles. The first-order chi connectivity index (χ1) is 11.9. The summed E-state index contributed by atoms with van der Waals surface area (Å²) in [5.41, 5.74) is 1.04. The monoisotopic (exact) mass is 361 g/mol. The molecular formula is C19H20FNO3S. The van der Waals surface area contributed by atoms with Crippen LogP contribution in [-0.4, -0.2) is 17.5 Å². The molecule has 4 nitrogen and oxygen atoms in total. The van der Waals surface area contributed by atoms with Gasteiger partial charge in [0.1, 0.15) is 6.10 Å². The number of phenolic OH excluding ortho intramolecular Hbond substituents is 1. The van der Waals surface area contributed by atoms with E-state index in [2.05, 4.69) is 11.9 Å². The van der Waals surface area contributed by atoms with E-state index in [9.17, 15) is 14.3 Å². The average molecular weight is 361 g/mol. The molecule has 0 fully saturated rings. The number of carbonyl (C=O) groups excluding carboxylic acids is 1. The Labute approximate surface area is 150 Å². The summed E-state index contributed by atoms with van der Waals surface area (Å²) in [5, 5.41) is 12.0. The maximum atomic E-state index is 13.6. The molecule has 2 aromatic rings. The maximum Gasteiger partial charge on any atom is 0.412 e. The lowest BCUT2D eigenvalue weighted by atomic mass is 9.97. The number of benzene rings is 2. The van der Waals surface area contributed by atoms with Gasteiger partial charge in [-0.2, -0.15) is 0 Å². The first kappa shape index (κ1) is 18.9. The van der Waals surface area contributed by atoms with Crippen LogP contribution in [0.2, 0.25) is 0 Å². The number of carbonyl (C=O) groups is 1. The highest BCUT2D eigenvalue weighted by Crippen LogP contribution is 2.30. The maximum absolute atomic E-state index is 13.6. The van der Waals surface area contributed by atoms with Gasteiger partial charge in [-0.1, -0.05) is 19.1 Å². The van der Waals surface area contributed by atoms with Crippen molar-refractivity contribution in [3.05, 3.63) is 66.5 Å². The zero-order valence-electron chi connectivity index (χ0n) is 14.0. The number of amides is 1. The van der Waals surface area contributed by atoms with Crippen LogP contribution >= 0.6 is 11.8 Å². The van der Waals surface area contributed by atoms with E-state index in [1.54, 1.807) is 30.0 Å². The third-order valence-corrected chi connectivity index (χ3v) is 4.46. The predicted molar refractivity (Wildman–Crippen MR) is 98.5 cm³/mol. The number of anilines is 1. The highest BCUT2D eigenvalue weighted by molar-refractivity contribution is 7.98. The summed E-state index contributed by atoms with van der Waals surface area (Å²) in [6.07, 6.45) is 2.22. The Bertz CT molecular complexity index is 749. The molecule has 0 saturated heterocycles. The summed E-state index contributed by atoms with van der Waals surface area (Å²) in [4.78, 5) is 13.3. The lowest BCUT2D eigenvalue weighted by Crippen LogP contribution is -2.21. The van der Waals surface area contributed by atoms with Crippen LogP contribution in [0.15, 0.2) is 60.0 Å². The molecule has 0 aromatic heterocycles. The SMILES string of the molecule is C=C[C@H](C)[C@@H](OC(=O)Nc1ccc(SC)cc1)c1ccc(O)c(F)c1. The molecule has 0 saturated carbocycles. The molecule has 0 unspecified atom stereocenters. The van der Waals surface area contributed by atoms with Crippen molar-refractivity contribution >= 4 is 23.5 Å². The average Bonchev–Trinajstić information content (AvgIpc) is 2.62. The Kier molecular flexibility index (Phi) is 6.47. The first-order valence-electron chi connectivity index (χ1n) is 7.67. The van der Waals surface area contributed by atoms with Gasteiger partial charge in [0.15, 0.2) is 11.6 Å². The van der Waals surface area contributed by atoms with Gasteiger partial charge in [-0.3, -0.25) is 5.32 Å². The lowest BCUT2D eigenvalue weighted by molar-refractivity contribution is 0.0895. The van der Waals surface area contributed by atoms with Crippen LogP contribution < -0.4 is 5.32 Å².